The molecule has 3 rings (SSSR count). The summed E-state index contributed by atoms with van der Waals surface area (Å²) >= 11 is 0. The Hall–Kier alpha value is -1.61. The number of hydroxylamine groups is 3. The molecule has 3 saturated heterocycles. The fourth-order valence-electron chi connectivity index (χ4n) is 3.21. The van der Waals surface area contributed by atoms with E-state index in [9.17, 15) is 26.8 Å². The van der Waals surface area contributed by atoms with Crippen LogP contribution in [0.5, 0.6) is 0 Å². The molecule has 0 spiro atoms. The average molecular weight is 400 g/mol. The zero-order chi connectivity index (χ0) is 19.1. The predicted octanol–water partition coefficient (Wildman–Crippen LogP) is -0.966. The third-order valence-electron chi connectivity index (χ3n) is 4.51. The van der Waals surface area contributed by atoms with E-state index in [0.29, 0.717) is 25.9 Å². The topological polar surface area (TPSA) is 138 Å². The first kappa shape index (κ1) is 19.2. The van der Waals surface area contributed by atoms with Gasteiger partial charge in [0, 0.05) is 6.42 Å². The summed E-state index contributed by atoms with van der Waals surface area (Å²) in [7, 11) is -5.18. The Balaban J connectivity index is 1.69. The molecular weight excluding hydrogens is 382 g/mol. The number of piperidine rings is 2. The smallest absolute Gasteiger partial charge is 0.317 e. The molecule has 14 heteroatoms. The molecule has 11 nitrogen and oxygen atoms in total. The number of carbonyl (C=O) groups is 2. The van der Waals surface area contributed by atoms with Gasteiger partial charge in [0.2, 0.25) is 0 Å². The Labute approximate surface area is 147 Å². The maximum Gasteiger partial charge on any atom is 0.418 e. The van der Waals surface area contributed by atoms with Gasteiger partial charge < -0.3 is 10.2 Å². The van der Waals surface area contributed by atoms with Gasteiger partial charge in [-0.05, 0) is 25.9 Å². The number of fused-ring (bicyclic) bond motifs is 2. The van der Waals surface area contributed by atoms with Crippen LogP contribution in [0.2, 0.25) is 0 Å². The van der Waals surface area contributed by atoms with E-state index < -0.39 is 53.3 Å². The van der Waals surface area contributed by atoms with E-state index in [0.717, 1.165) is 4.90 Å². The lowest BCUT2D eigenvalue weighted by atomic mass is 9.96. The van der Waals surface area contributed by atoms with Crippen molar-refractivity contribution >= 4 is 22.3 Å². The number of hydrogen-bond acceptors (Lipinski definition) is 7. The van der Waals surface area contributed by atoms with Crippen molar-refractivity contribution in [2.75, 3.05) is 19.6 Å². The highest BCUT2D eigenvalue weighted by Gasteiger charge is 2.62. The van der Waals surface area contributed by atoms with E-state index in [4.69, 9.17) is 9.39 Å². The third kappa shape index (κ3) is 3.88. The molecule has 2 atom stereocenters. The number of carbonyl (C=O) groups excluding carboxylic acids is 2. The second kappa shape index (κ2) is 6.84. The van der Waals surface area contributed by atoms with Crippen LogP contribution >= 0.6 is 0 Å². The van der Waals surface area contributed by atoms with Crippen LogP contribution in [-0.4, -0.2) is 78.6 Å². The van der Waals surface area contributed by atoms with Gasteiger partial charge in [-0.15, -0.1) is 4.28 Å². The van der Waals surface area contributed by atoms with Crippen LogP contribution in [0, 0.1) is 0 Å². The fraction of sp³-hybridized carbons (Fsp3) is 0.833. The normalized spacial score (nSPS) is 29.1. The van der Waals surface area contributed by atoms with Crippen LogP contribution in [0.4, 0.5) is 13.6 Å². The zero-order valence-corrected chi connectivity index (χ0v) is 14.2. The molecule has 3 aliphatic heterocycles. The minimum atomic E-state index is -5.18. The molecular formula is C12H18F2N4O7S. The number of alkyl halides is 2. The Kier molecular flexibility index (Phi) is 5.04. The molecule has 0 radical (unpaired) electrons. The minimum Gasteiger partial charge on any atom is -0.317 e. The molecule has 148 valence electrons. The quantitative estimate of drug-likeness (QED) is 0.396. The van der Waals surface area contributed by atoms with E-state index in [1.807, 2.05) is 0 Å². The van der Waals surface area contributed by atoms with Gasteiger partial charge in [0.25, 0.3) is 11.8 Å². The number of nitrogens with one attached hydrogen (secondary N) is 2. The van der Waals surface area contributed by atoms with Gasteiger partial charge in [-0.2, -0.15) is 13.5 Å². The molecule has 3 N–H and O–H groups in total. The Bertz CT molecular complexity index is 685. The van der Waals surface area contributed by atoms with E-state index in [1.54, 1.807) is 0 Å². The fourth-order valence-corrected chi connectivity index (χ4v) is 3.58. The molecule has 26 heavy (non-hydrogen) atoms. The number of urea groups is 1. The summed E-state index contributed by atoms with van der Waals surface area (Å²) in [4.78, 5) is 30.4. The Morgan fingerprint density at radius 1 is 1.35 bits per heavy atom. The van der Waals surface area contributed by atoms with Crippen LogP contribution in [0.1, 0.15) is 19.3 Å². The van der Waals surface area contributed by atoms with Crippen LogP contribution in [-0.2, 0) is 24.3 Å². The number of nitrogens with zero attached hydrogens (tertiary/aromatic N) is 2. The summed E-state index contributed by atoms with van der Waals surface area (Å²) in [6.45, 7) is 0.749. The molecule has 3 aliphatic rings. The maximum absolute atomic E-state index is 14.3. The van der Waals surface area contributed by atoms with Gasteiger partial charge >= 0.3 is 16.4 Å². The average Bonchev–Trinajstić information content (AvgIpc) is 2.84. The van der Waals surface area contributed by atoms with Gasteiger partial charge in [-0.1, -0.05) is 0 Å². The molecule has 0 aliphatic carbocycles. The number of hydrogen-bond donors (Lipinski definition) is 3. The van der Waals surface area contributed by atoms with Crippen molar-refractivity contribution in [2.45, 2.75) is 43.4 Å². The molecule has 2 bridgehead atoms. The summed E-state index contributed by atoms with van der Waals surface area (Å²) in [5, 5.41) is 2.98. The Morgan fingerprint density at radius 2 is 2.00 bits per heavy atom. The molecule has 0 aromatic rings. The highest BCUT2D eigenvalue weighted by atomic mass is 32.3. The lowest BCUT2D eigenvalue weighted by Gasteiger charge is -2.35. The highest BCUT2D eigenvalue weighted by Crippen LogP contribution is 2.41. The summed E-state index contributed by atoms with van der Waals surface area (Å²) in [6.07, 6.45) is -0.0505. The van der Waals surface area contributed by atoms with E-state index in [2.05, 4.69) is 15.1 Å². The van der Waals surface area contributed by atoms with Gasteiger partial charge in [0.15, 0.2) is 0 Å². The first-order chi connectivity index (χ1) is 12.1. The van der Waals surface area contributed by atoms with Crippen LogP contribution in [0.3, 0.4) is 0 Å². The van der Waals surface area contributed by atoms with Crippen molar-refractivity contribution in [1.82, 2.24) is 20.8 Å². The van der Waals surface area contributed by atoms with Gasteiger partial charge in [-0.3, -0.25) is 14.2 Å². The molecule has 0 aromatic heterocycles. The number of rotatable bonds is 5. The molecule has 3 fully saturated rings. The van der Waals surface area contributed by atoms with Crippen LogP contribution < -0.4 is 10.8 Å². The van der Waals surface area contributed by atoms with E-state index >= 15 is 0 Å². The Morgan fingerprint density at radius 3 is 2.62 bits per heavy atom. The van der Waals surface area contributed by atoms with Crippen molar-refractivity contribution in [3.63, 3.8) is 0 Å². The van der Waals surface area contributed by atoms with Crippen LogP contribution in [0.15, 0.2) is 0 Å². The summed E-state index contributed by atoms with van der Waals surface area (Å²) in [6, 6.07) is -4.76. The maximum atomic E-state index is 14.3. The number of amides is 3. The molecule has 0 aromatic carbocycles. The SMILES string of the molecule is O=C(NOC1CCNCC1)[C@@H]1CC(F)(F)[C@@H]2CN1C(=O)N2OS(=O)(=O)O. The molecule has 3 heterocycles. The minimum absolute atomic E-state index is 0.115. The molecule has 0 unspecified atom stereocenters. The van der Waals surface area contributed by atoms with Crippen molar-refractivity contribution in [3.05, 3.63) is 0 Å². The second-order valence-corrected chi connectivity index (χ2v) is 7.30. The lowest BCUT2D eigenvalue weighted by molar-refractivity contribution is -0.162. The molecule has 0 saturated carbocycles. The van der Waals surface area contributed by atoms with Gasteiger partial charge in [0.05, 0.1) is 12.6 Å². The van der Waals surface area contributed by atoms with Crippen molar-refractivity contribution < 1.29 is 40.5 Å². The summed E-state index contributed by atoms with van der Waals surface area (Å²) in [5.74, 6) is -4.55. The van der Waals surface area contributed by atoms with E-state index in [-0.39, 0.29) is 11.2 Å². The first-order valence-corrected chi connectivity index (χ1v) is 9.26. The van der Waals surface area contributed by atoms with Gasteiger partial charge in [0.1, 0.15) is 12.1 Å². The largest absolute Gasteiger partial charge is 0.418 e. The highest BCUT2D eigenvalue weighted by molar-refractivity contribution is 7.80. The molecule has 3 amide bonds. The second-order valence-electron chi connectivity index (χ2n) is 6.29. The van der Waals surface area contributed by atoms with Crippen molar-refractivity contribution in [3.8, 4) is 0 Å². The van der Waals surface area contributed by atoms with Gasteiger partial charge in [-0.25, -0.2) is 19.1 Å². The van der Waals surface area contributed by atoms with Crippen molar-refractivity contribution in [2.24, 2.45) is 0 Å². The zero-order valence-electron chi connectivity index (χ0n) is 13.4. The predicted molar refractivity (Wildman–Crippen MR) is 78.8 cm³/mol. The first-order valence-electron chi connectivity index (χ1n) is 7.89. The van der Waals surface area contributed by atoms with Crippen LogP contribution in [0.25, 0.3) is 0 Å². The summed E-state index contributed by atoms with van der Waals surface area (Å²) < 4.78 is 62.8. The number of halogens is 2. The van der Waals surface area contributed by atoms with Crippen molar-refractivity contribution in [1.29, 1.82) is 0 Å². The third-order valence-corrected chi connectivity index (χ3v) is 4.85. The van der Waals surface area contributed by atoms with E-state index in [1.165, 1.54) is 0 Å². The summed E-state index contributed by atoms with van der Waals surface area (Å²) in [5.41, 5.74) is 2.11. The monoisotopic (exact) mass is 400 g/mol. The standard InChI is InChI=1S/C12H18F2N4O7S/c13-12(14)5-8(10(19)16-24-7-1-3-15-4-2-7)17-6-9(12)18(11(17)20)25-26(21,22)23/h7-9,15H,1-6H2,(H,16,19)(H,21,22,23)/t8-,9-/m0/s1. The lowest BCUT2D eigenvalue weighted by Crippen LogP contribution is -2.56.